The van der Waals surface area contributed by atoms with Crippen molar-refractivity contribution in [3.63, 3.8) is 0 Å². The van der Waals surface area contributed by atoms with E-state index < -0.39 is 0 Å². The number of rotatable bonds is 8. The fraction of sp³-hybridized carbons (Fsp3) is 0.650. The molecule has 1 saturated heterocycles. The zero-order chi connectivity index (χ0) is 18.8. The third kappa shape index (κ3) is 6.84. The summed E-state index contributed by atoms with van der Waals surface area (Å²) in [6.45, 7) is 11.5. The van der Waals surface area contributed by atoms with Gasteiger partial charge < -0.3 is 20.3 Å². The first-order chi connectivity index (χ1) is 12.6. The van der Waals surface area contributed by atoms with E-state index in [1.165, 1.54) is 5.56 Å². The molecule has 146 valence electrons. The minimum absolute atomic E-state index is 0.473. The summed E-state index contributed by atoms with van der Waals surface area (Å²) in [5.74, 6) is 1.80. The number of guanidine groups is 1. The topological polar surface area (TPSA) is 52.1 Å². The Bertz CT molecular complexity index is 538. The van der Waals surface area contributed by atoms with Crippen molar-refractivity contribution in [3.05, 3.63) is 29.8 Å². The number of benzene rings is 1. The molecule has 1 aliphatic rings. The summed E-state index contributed by atoms with van der Waals surface area (Å²) in [4.78, 5) is 9.70. The normalized spacial score (nSPS) is 17.8. The molecule has 2 N–H and O–H groups in total. The van der Waals surface area contributed by atoms with E-state index >= 15 is 0 Å². The van der Waals surface area contributed by atoms with E-state index in [2.05, 4.69) is 53.5 Å². The van der Waals surface area contributed by atoms with Crippen LogP contribution in [-0.2, 0) is 6.42 Å². The average Bonchev–Trinajstić information content (AvgIpc) is 2.67. The van der Waals surface area contributed by atoms with Crippen LogP contribution < -0.4 is 15.4 Å². The number of aliphatic imine (C=N–C) groups is 1. The van der Waals surface area contributed by atoms with E-state index in [9.17, 15) is 0 Å². The zero-order valence-corrected chi connectivity index (χ0v) is 16.8. The smallest absolute Gasteiger partial charge is 0.191 e. The van der Waals surface area contributed by atoms with Crippen LogP contribution in [0.1, 0.15) is 19.4 Å². The predicted molar refractivity (Wildman–Crippen MR) is 109 cm³/mol. The molecule has 0 aromatic heterocycles. The highest BCUT2D eigenvalue weighted by Crippen LogP contribution is 2.11. The largest absolute Gasteiger partial charge is 0.497 e. The molecule has 1 fully saturated rings. The number of nitrogens with one attached hydrogen (secondary N) is 2. The van der Waals surface area contributed by atoms with Crippen LogP contribution in [0.3, 0.4) is 0 Å². The van der Waals surface area contributed by atoms with Gasteiger partial charge in [-0.1, -0.05) is 12.1 Å². The molecule has 1 aliphatic heterocycles. The van der Waals surface area contributed by atoms with E-state index in [1.54, 1.807) is 7.11 Å². The van der Waals surface area contributed by atoms with Gasteiger partial charge >= 0.3 is 0 Å². The lowest BCUT2D eigenvalue weighted by Crippen LogP contribution is -2.49. The van der Waals surface area contributed by atoms with Crippen LogP contribution in [0.25, 0.3) is 0 Å². The maximum absolute atomic E-state index is 5.20. The standard InChI is InChI=1S/C20H35N5O/c1-5-21-20(22-11-10-18-6-8-19(26-4)9-7-18)23-16-17(2)25-14-12-24(3)13-15-25/h6-9,17H,5,10-16H2,1-4H3,(H2,21,22,23). The number of hydrogen-bond acceptors (Lipinski definition) is 4. The number of methoxy groups -OCH3 is 1. The lowest BCUT2D eigenvalue weighted by molar-refractivity contribution is 0.122. The summed E-state index contributed by atoms with van der Waals surface area (Å²) in [5.41, 5.74) is 1.29. The minimum atomic E-state index is 0.473. The van der Waals surface area contributed by atoms with E-state index in [4.69, 9.17) is 9.73 Å². The molecule has 2 rings (SSSR count). The summed E-state index contributed by atoms with van der Waals surface area (Å²) < 4.78 is 5.20. The van der Waals surface area contributed by atoms with Crippen molar-refractivity contribution in [2.45, 2.75) is 26.3 Å². The van der Waals surface area contributed by atoms with Crippen molar-refractivity contribution >= 4 is 5.96 Å². The molecule has 0 aliphatic carbocycles. The first-order valence-corrected chi connectivity index (χ1v) is 9.70. The molecule has 6 heteroatoms. The van der Waals surface area contributed by atoms with Gasteiger partial charge in [-0.15, -0.1) is 0 Å². The Balaban J connectivity index is 1.77. The lowest BCUT2D eigenvalue weighted by atomic mass is 10.1. The summed E-state index contributed by atoms with van der Waals surface area (Å²) in [7, 11) is 3.88. The Morgan fingerprint density at radius 2 is 1.85 bits per heavy atom. The van der Waals surface area contributed by atoms with Crippen LogP contribution in [-0.4, -0.2) is 81.8 Å². The number of piperazine rings is 1. The molecule has 0 spiro atoms. The van der Waals surface area contributed by atoms with Crippen LogP contribution in [0.4, 0.5) is 0 Å². The summed E-state index contributed by atoms with van der Waals surface area (Å²) in [6, 6.07) is 8.71. The van der Waals surface area contributed by atoms with Gasteiger partial charge in [0.05, 0.1) is 13.7 Å². The van der Waals surface area contributed by atoms with Gasteiger partial charge in [0.25, 0.3) is 0 Å². The second kappa shape index (κ2) is 11.0. The van der Waals surface area contributed by atoms with Crippen LogP contribution in [0.15, 0.2) is 29.3 Å². The van der Waals surface area contributed by atoms with Crippen LogP contribution >= 0.6 is 0 Å². The molecular formula is C20H35N5O. The molecule has 1 aromatic carbocycles. The van der Waals surface area contributed by atoms with Gasteiger partial charge in [-0.05, 0) is 45.0 Å². The van der Waals surface area contributed by atoms with Gasteiger partial charge in [0.1, 0.15) is 5.75 Å². The first-order valence-electron chi connectivity index (χ1n) is 9.70. The molecule has 1 unspecified atom stereocenters. The first kappa shape index (κ1) is 20.5. The zero-order valence-electron chi connectivity index (χ0n) is 16.8. The van der Waals surface area contributed by atoms with Crippen LogP contribution in [0.5, 0.6) is 5.75 Å². The summed E-state index contributed by atoms with van der Waals surface area (Å²) >= 11 is 0. The second-order valence-electron chi connectivity index (χ2n) is 6.93. The molecule has 0 amide bonds. The Labute approximate surface area is 158 Å². The molecule has 6 nitrogen and oxygen atoms in total. The molecular weight excluding hydrogens is 326 g/mol. The Hall–Kier alpha value is -1.79. The van der Waals surface area contributed by atoms with Gasteiger partial charge in [0, 0.05) is 45.3 Å². The maximum Gasteiger partial charge on any atom is 0.191 e. The van der Waals surface area contributed by atoms with Crippen LogP contribution in [0.2, 0.25) is 0 Å². The molecule has 1 heterocycles. The number of likely N-dealkylation sites (N-methyl/N-ethyl adjacent to an activating group) is 1. The molecule has 26 heavy (non-hydrogen) atoms. The highest BCUT2D eigenvalue weighted by molar-refractivity contribution is 5.79. The van der Waals surface area contributed by atoms with Crippen molar-refractivity contribution in [2.24, 2.45) is 4.99 Å². The van der Waals surface area contributed by atoms with Gasteiger partial charge in [-0.2, -0.15) is 0 Å². The fourth-order valence-electron chi connectivity index (χ4n) is 3.06. The summed E-state index contributed by atoms with van der Waals surface area (Å²) in [5, 5.41) is 6.79. The van der Waals surface area contributed by atoms with Crippen molar-refractivity contribution in [1.82, 2.24) is 20.4 Å². The average molecular weight is 362 g/mol. The molecule has 0 radical (unpaired) electrons. The minimum Gasteiger partial charge on any atom is -0.497 e. The van der Waals surface area contributed by atoms with Gasteiger partial charge in [0.15, 0.2) is 5.96 Å². The van der Waals surface area contributed by atoms with Gasteiger partial charge in [-0.25, -0.2) is 0 Å². The Morgan fingerprint density at radius 3 is 2.46 bits per heavy atom. The SMILES string of the molecule is CCNC(=NCC(C)N1CCN(C)CC1)NCCc1ccc(OC)cc1. The van der Waals surface area contributed by atoms with E-state index in [0.29, 0.717) is 6.04 Å². The van der Waals surface area contributed by atoms with E-state index in [1.807, 2.05) is 12.1 Å². The van der Waals surface area contributed by atoms with Crippen molar-refractivity contribution in [2.75, 3.05) is 60.0 Å². The molecule has 0 bridgehead atoms. The van der Waals surface area contributed by atoms with E-state index in [-0.39, 0.29) is 0 Å². The van der Waals surface area contributed by atoms with Gasteiger partial charge in [0.2, 0.25) is 0 Å². The number of ether oxygens (including phenoxy) is 1. The third-order valence-electron chi connectivity index (χ3n) is 4.88. The lowest BCUT2D eigenvalue weighted by Gasteiger charge is -2.35. The highest BCUT2D eigenvalue weighted by atomic mass is 16.5. The third-order valence-corrected chi connectivity index (χ3v) is 4.88. The molecule has 1 aromatic rings. The molecule has 0 saturated carbocycles. The number of nitrogens with zero attached hydrogens (tertiary/aromatic N) is 3. The predicted octanol–water partition coefficient (Wildman–Crippen LogP) is 1.43. The van der Waals surface area contributed by atoms with Crippen LogP contribution in [0, 0.1) is 0 Å². The fourth-order valence-corrected chi connectivity index (χ4v) is 3.06. The Morgan fingerprint density at radius 1 is 1.15 bits per heavy atom. The monoisotopic (exact) mass is 361 g/mol. The molecule has 1 atom stereocenters. The highest BCUT2D eigenvalue weighted by Gasteiger charge is 2.18. The maximum atomic E-state index is 5.20. The van der Waals surface area contributed by atoms with Crippen molar-refractivity contribution < 1.29 is 4.74 Å². The van der Waals surface area contributed by atoms with Gasteiger partial charge in [-0.3, -0.25) is 9.89 Å². The quantitative estimate of drug-likeness (QED) is 0.542. The Kier molecular flexibility index (Phi) is 8.71. The number of hydrogen-bond donors (Lipinski definition) is 2. The second-order valence-corrected chi connectivity index (χ2v) is 6.93. The van der Waals surface area contributed by atoms with Crippen molar-refractivity contribution in [1.29, 1.82) is 0 Å². The van der Waals surface area contributed by atoms with Crippen molar-refractivity contribution in [3.8, 4) is 5.75 Å². The summed E-state index contributed by atoms with van der Waals surface area (Å²) in [6.07, 6.45) is 0.961. The van der Waals surface area contributed by atoms with E-state index in [0.717, 1.165) is 63.9 Å².